The maximum Gasteiger partial charge on any atom is 0.327 e. The number of rotatable bonds is 5. The Kier molecular flexibility index (Phi) is 4.31. The van der Waals surface area contributed by atoms with Gasteiger partial charge in [-0.3, -0.25) is 9.59 Å². The molecule has 0 aliphatic carbocycles. The molecule has 5 heteroatoms. The molecular formula is C13H16O5. The lowest BCUT2D eigenvalue weighted by atomic mass is 9.82. The molecule has 0 fully saturated rings. The summed E-state index contributed by atoms with van der Waals surface area (Å²) in [6.07, 6.45) is 0. The van der Waals surface area contributed by atoms with Gasteiger partial charge in [-0.15, -0.1) is 0 Å². The van der Waals surface area contributed by atoms with Crippen molar-refractivity contribution < 1.29 is 24.2 Å². The first-order chi connectivity index (χ1) is 8.46. The van der Waals surface area contributed by atoms with Gasteiger partial charge < -0.3 is 14.6 Å². The van der Waals surface area contributed by atoms with Gasteiger partial charge in [0, 0.05) is 0 Å². The molecule has 0 saturated carbocycles. The van der Waals surface area contributed by atoms with Crippen LogP contribution in [-0.4, -0.2) is 30.8 Å². The van der Waals surface area contributed by atoms with Crippen LogP contribution in [0.1, 0.15) is 19.4 Å². The van der Waals surface area contributed by atoms with Crippen molar-refractivity contribution in [3.63, 3.8) is 0 Å². The molecule has 1 atom stereocenters. The fraction of sp³-hybridized carbons (Fsp3) is 0.385. The van der Waals surface area contributed by atoms with Gasteiger partial charge in [0.05, 0.1) is 13.7 Å². The van der Waals surface area contributed by atoms with Gasteiger partial charge in [0.1, 0.15) is 5.75 Å². The minimum Gasteiger partial charge on any atom is -0.497 e. The van der Waals surface area contributed by atoms with Crippen molar-refractivity contribution in [3.05, 3.63) is 29.8 Å². The zero-order valence-corrected chi connectivity index (χ0v) is 10.6. The highest BCUT2D eigenvalue weighted by Gasteiger charge is 2.44. The number of carbonyl (C=O) groups is 2. The van der Waals surface area contributed by atoms with Crippen LogP contribution in [0.5, 0.6) is 5.75 Å². The van der Waals surface area contributed by atoms with Gasteiger partial charge in [-0.25, -0.2) is 0 Å². The van der Waals surface area contributed by atoms with Gasteiger partial charge in [0.15, 0.2) is 5.41 Å². The van der Waals surface area contributed by atoms with Gasteiger partial charge in [-0.2, -0.15) is 0 Å². The molecule has 0 aromatic heterocycles. The summed E-state index contributed by atoms with van der Waals surface area (Å²) < 4.78 is 9.81. The topological polar surface area (TPSA) is 72.8 Å². The lowest BCUT2D eigenvalue weighted by molar-refractivity contribution is -0.160. The van der Waals surface area contributed by atoms with Crippen LogP contribution in [0, 0.1) is 0 Å². The third-order valence-electron chi connectivity index (χ3n) is 2.78. The molecule has 5 nitrogen and oxygen atoms in total. The summed E-state index contributed by atoms with van der Waals surface area (Å²) in [4.78, 5) is 23.2. The quantitative estimate of drug-likeness (QED) is 0.636. The maximum atomic E-state index is 11.8. The van der Waals surface area contributed by atoms with E-state index in [2.05, 4.69) is 0 Å². The molecule has 0 unspecified atom stereocenters. The zero-order chi connectivity index (χ0) is 13.8. The third kappa shape index (κ3) is 2.45. The normalized spacial score (nSPS) is 13.5. The molecule has 98 valence electrons. The number of benzene rings is 1. The molecule has 1 N–H and O–H groups in total. The SMILES string of the molecule is CCOC(=O)[C@](C)(C(=O)O)c1ccc(OC)cc1. The number of carboxylic acid groups (broad SMARTS) is 1. The van der Waals surface area contributed by atoms with Crippen LogP contribution in [0.3, 0.4) is 0 Å². The van der Waals surface area contributed by atoms with Gasteiger partial charge >= 0.3 is 11.9 Å². The van der Waals surface area contributed by atoms with E-state index in [0.29, 0.717) is 11.3 Å². The molecule has 0 bridgehead atoms. The van der Waals surface area contributed by atoms with Crippen LogP contribution in [0.15, 0.2) is 24.3 Å². The molecule has 1 rings (SSSR count). The number of hydrogen-bond acceptors (Lipinski definition) is 4. The Morgan fingerprint density at radius 2 is 1.83 bits per heavy atom. The molecule has 0 radical (unpaired) electrons. The second-order valence-corrected chi connectivity index (χ2v) is 3.88. The van der Waals surface area contributed by atoms with Crippen LogP contribution in [0.4, 0.5) is 0 Å². The number of carbonyl (C=O) groups excluding carboxylic acids is 1. The molecule has 0 heterocycles. The third-order valence-corrected chi connectivity index (χ3v) is 2.78. The van der Waals surface area contributed by atoms with Gasteiger partial charge in [-0.1, -0.05) is 12.1 Å². The summed E-state index contributed by atoms with van der Waals surface area (Å²) >= 11 is 0. The van der Waals surface area contributed by atoms with Crippen molar-refractivity contribution in [2.24, 2.45) is 0 Å². The Balaban J connectivity index is 3.18. The number of ether oxygens (including phenoxy) is 2. The van der Waals surface area contributed by atoms with Crippen molar-refractivity contribution in [2.75, 3.05) is 13.7 Å². The Hall–Kier alpha value is -2.04. The molecular weight excluding hydrogens is 236 g/mol. The first kappa shape index (κ1) is 14.0. The highest BCUT2D eigenvalue weighted by atomic mass is 16.5. The van der Waals surface area contributed by atoms with Crippen molar-refractivity contribution >= 4 is 11.9 Å². The first-order valence-electron chi connectivity index (χ1n) is 5.52. The van der Waals surface area contributed by atoms with Gasteiger partial charge in [0.25, 0.3) is 0 Å². The summed E-state index contributed by atoms with van der Waals surface area (Å²) in [6, 6.07) is 6.30. The van der Waals surface area contributed by atoms with E-state index in [1.807, 2.05) is 0 Å². The minimum atomic E-state index is -1.71. The second-order valence-electron chi connectivity index (χ2n) is 3.88. The Bertz CT molecular complexity index is 437. The largest absolute Gasteiger partial charge is 0.497 e. The van der Waals surface area contributed by atoms with E-state index < -0.39 is 17.4 Å². The number of hydrogen-bond donors (Lipinski definition) is 1. The highest BCUT2D eigenvalue weighted by Crippen LogP contribution is 2.27. The van der Waals surface area contributed by atoms with E-state index in [9.17, 15) is 14.7 Å². The van der Waals surface area contributed by atoms with E-state index >= 15 is 0 Å². The summed E-state index contributed by atoms with van der Waals surface area (Å²) in [7, 11) is 1.51. The summed E-state index contributed by atoms with van der Waals surface area (Å²) in [5, 5.41) is 9.28. The fourth-order valence-corrected chi connectivity index (χ4v) is 1.53. The van der Waals surface area contributed by atoms with E-state index in [4.69, 9.17) is 9.47 Å². The van der Waals surface area contributed by atoms with Gasteiger partial charge in [0.2, 0.25) is 0 Å². The molecule has 0 spiro atoms. The van der Waals surface area contributed by atoms with Crippen LogP contribution >= 0.6 is 0 Å². The second kappa shape index (κ2) is 5.53. The molecule has 0 amide bonds. The number of methoxy groups -OCH3 is 1. The smallest absolute Gasteiger partial charge is 0.327 e. The maximum absolute atomic E-state index is 11.8. The van der Waals surface area contributed by atoms with E-state index in [-0.39, 0.29) is 6.61 Å². The van der Waals surface area contributed by atoms with Crippen molar-refractivity contribution in [3.8, 4) is 5.75 Å². The predicted molar refractivity (Wildman–Crippen MR) is 64.6 cm³/mol. The molecule has 1 aromatic carbocycles. The van der Waals surface area contributed by atoms with Crippen LogP contribution in [0.25, 0.3) is 0 Å². The molecule has 0 aliphatic heterocycles. The lowest BCUT2D eigenvalue weighted by Crippen LogP contribution is -2.42. The Morgan fingerprint density at radius 1 is 1.28 bits per heavy atom. The van der Waals surface area contributed by atoms with Crippen LogP contribution < -0.4 is 4.74 Å². The lowest BCUT2D eigenvalue weighted by Gasteiger charge is -2.23. The summed E-state index contributed by atoms with van der Waals surface area (Å²) in [5.41, 5.74) is -1.35. The number of carboxylic acids is 1. The van der Waals surface area contributed by atoms with Crippen LogP contribution in [0.2, 0.25) is 0 Å². The van der Waals surface area contributed by atoms with Crippen molar-refractivity contribution in [1.29, 1.82) is 0 Å². The molecule has 0 saturated heterocycles. The average Bonchev–Trinajstić information content (AvgIpc) is 2.37. The average molecular weight is 252 g/mol. The molecule has 0 aliphatic rings. The number of esters is 1. The minimum absolute atomic E-state index is 0.137. The predicted octanol–water partition coefficient (Wildman–Crippen LogP) is 1.60. The fourth-order valence-electron chi connectivity index (χ4n) is 1.53. The molecule has 18 heavy (non-hydrogen) atoms. The number of aliphatic carboxylic acids is 1. The van der Waals surface area contributed by atoms with E-state index in [1.54, 1.807) is 31.2 Å². The zero-order valence-electron chi connectivity index (χ0n) is 10.6. The monoisotopic (exact) mass is 252 g/mol. The standard InChI is InChI=1S/C13H16O5/c1-4-18-12(16)13(2,11(14)15)9-5-7-10(17-3)8-6-9/h5-8H,4H2,1-3H3,(H,14,15)/t13-/m0/s1. The molecule has 1 aromatic rings. The summed E-state index contributed by atoms with van der Waals surface area (Å²) in [6.45, 7) is 3.10. The Labute approximate surface area is 105 Å². The highest BCUT2D eigenvalue weighted by molar-refractivity contribution is 6.05. The van der Waals surface area contributed by atoms with Gasteiger partial charge in [-0.05, 0) is 31.5 Å². The van der Waals surface area contributed by atoms with Crippen molar-refractivity contribution in [1.82, 2.24) is 0 Å². The van der Waals surface area contributed by atoms with E-state index in [1.165, 1.54) is 14.0 Å². The Morgan fingerprint density at radius 3 is 2.22 bits per heavy atom. The summed E-state index contributed by atoms with van der Waals surface area (Å²) in [5.74, 6) is -1.43. The van der Waals surface area contributed by atoms with E-state index in [0.717, 1.165) is 0 Å². The first-order valence-corrected chi connectivity index (χ1v) is 5.52. The van der Waals surface area contributed by atoms with Crippen molar-refractivity contribution in [2.45, 2.75) is 19.3 Å². The van der Waals surface area contributed by atoms with Crippen LogP contribution in [-0.2, 0) is 19.7 Å².